The van der Waals surface area contributed by atoms with Gasteiger partial charge in [-0.25, -0.2) is 13.2 Å². The number of rotatable bonds is 4. The lowest BCUT2D eigenvalue weighted by Crippen LogP contribution is -2.29. The van der Waals surface area contributed by atoms with Crippen molar-refractivity contribution in [3.05, 3.63) is 35.1 Å². The quantitative estimate of drug-likeness (QED) is 0.816. The summed E-state index contributed by atoms with van der Waals surface area (Å²) in [5, 5.41) is 3.16. The molecule has 1 aromatic rings. The molecule has 1 nitrogen and oxygen atoms in total. The summed E-state index contributed by atoms with van der Waals surface area (Å²) in [5.74, 6) is -1.55. The van der Waals surface area contributed by atoms with Gasteiger partial charge in [-0.05, 0) is 30.9 Å². The van der Waals surface area contributed by atoms with Crippen LogP contribution in [0.15, 0.2) is 12.1 Å². The summed E-state index contributed by atoms with van der Waals surface area (Å²) < 4.78 is 39.2. The number of halogens is 3. The summed E-state index contributed by atoms with van der Waals surface area (Å²) in [6.45, 7) is 3.29. The molecule has 1 fully saturated rings. The van der Waals surface area contributed by atoms with Crippen molar-refractivity contribution in [1.29, 1.82) is 0 Å². The SMILES string of the molecule is CC1CCCCC1CNCc1cc(F)c(F)cc1F. The first-order valence-corrected chi connectivity index (χ1v) is 6.92. The zero-order valence-corrected chi connectivity index (χ0v) is 11.2. The predicted octanol–water partition coefficient (Wildman–Crippen LogP) is 4.02. The maximum Gasteiger partial charge on any atom is 0.161 e. The van der Waals surface area contributed by atoms with Gasteiger partial charge in [-0.15, -0.1) is 0 Å². The normalized spacial score (nSPS) is 23.6. The second kappa shape index (κ2) is 6.42. The van der Waals surface area contributed by atoms with Crippen molar-refractivity contribution >= 4 is 0 Å². The smallest absolute Gasteiger partial charge is 0.161 e. The minimum absolute atomic E-state index is 0.183. The van der Waals surface area contributed by atoms with Crippen molar-refractivity contribution in [2.24, 2.45) is 11.8 Å². The van der Waals surface area contributed by atoms with Crippen LogP contribution in [0.1, 0.15) is 38.2 Å². The Bertz CT molecular complexity index is 434. The van der Waals surface area contributed by atoms with Gasteiger partial charge in [0, 0.05) is 18.2 Å². The molecule has 0 aromatic heterocycles. The highest BCUT2D eigenvalue weighted by atomic mass is 19.2. The molecule has 0 heterocycles. The first kappa shape index (κ1) is 14.4. The number of nitrogens with one attached hydrogen (secondary N) is 1. The topological polar surface area (TPSA) is 12.0 Å². The Balaban J connectivity index is 1.87. The molecule has 0 aliphatic heterocycles. The molecular formula is C15H20F3N. The predicted molar refractivity (Wildman–Crippen MR) is 69.1 cm³/mol. The summed E-state index contributed by atoms with van der Waals surface area (Å²) in [4.78, 5) is 0. The van der Waals surface area contributed by atoms with Gasteiger partial charge in [0.2, 0.25) is 0 Å². The Kier molecular flexibility index (Phi) is 4.86. The fourth-order valence-electron chi connectivity index (χ4n) is 2.79. The summed E-state index contributed by atoms with van der Waals surface area (Å²) in [6.07, 6.45) is 4.96. The lowest BCUT2D eigenvalue weighted by Gasteiger charge is -2.28. The second-order valence-electron chi connectivity index (χ2n) is 5.51. The van der Waals surface area contributed by atoms with Crippen LogP contribution in [0.4, 0.5) is 13.2 Å². The van der Waals surface area contributed by atoms with Gasteiger partial charge in [-0.1, -0.05) is 26.2 Å². The standard InChI is InChI=1S/C15H20F3N/c1-10-4-2-3-5-11(10)8-19-9-12-6-14(17)15(18)7-13(12)16/h6-7,10-11,19H,2-5,8-9H2,1H3. The van der Waals surface area contributed by atoms with E-state index in [1.54, 1.807) is 0 Å². The summed E-state index contributed by atoms with van der Waals surface area (Å²) in [7, 11) is 0. The molecule has 0 radical (unpaired) electrons. The molecule has 0 bridgehead atoms. The fourth-order valence-corrected chi connectivity index (χ4v) is 2.79. The van der Waals surface area contributed by atoms with Gasteiger partial charge in [-0.2, -0.15) is 0 Å². The van der Waals surface area contributed by atoms with Gasteiger partial charge in [0.05, 0.1) is 0 Å². The minimum Gasteiger partial charge on any atom is -0.312 e. The largest absolute Gasteiger partial charge is 0.312 e. The summed E-state index contributed by atoms with van der Waals surface area (Å²) in [5.41, 5.74) is 0.183. The van der Waals surface area contributed by atoms with Crippen molar-refractivity contribution in [3.8, 4) is 0 Å². The third-order valence-electron chi connectivity index (χ3n) is 4.10. The van der Waals surface area contributed by atoms with Crippen molar-refractivity contribution in [2.45, 2.75) is 39.2 Å². The molecule has 2 unspecified atom stereocenters. The van der Waals surface area contributed by atoms with E-state index in [0.29, 0.717) is 17.9 Å². The maximum atomic E-state index is 13.4. The molecule has 2 rings (SSSR count). The molecule has 0 spiro atoms. The highest BCUT2D eigenvalue weighted by Crippen LogP contribution is 2.28. The zero-order chi connectivity index (χ0) is 13.8. The first-order chi connectivity index (χ1) is 9.08. The Morgan fingerprint density at radius 3 is 2.47 bits per heavy atom. The van der Waals surface area contributed by atoms with Crippen molar-refractivity contribution in [1.82, 2.24) is 5.32 Å². The van der Waals surface area contributed by atoms with Crippen molar-refractivity contribution in [2.75, 3.05) is 6.54 Å². The van der Waals surface area contributed by atoms with Gasteiger partial charge in [0.25, 0.3) is 0 Å². The van der Waals surface area contributed by atoms with Crippen LogP contribution in [0.3, 0.4) is 0 Å². The molecule has 19 heavy (non-hydrogen) atoms. The van der Waals surface area contributed by atoms with E-state index in [1.807, 2.05) is 0 Å². The Morgan fingerprint density at radius 1 is 1.05 bits per heavy atom. The number of hydrogen-bond donors (Lipinski definition) is 1. The molecule has 4 heteroatoms. The third kappa shape index (κ3) is 3.72. The zero-order valence-electron chi connectivity index (χ0n) is 11.2. The third-order valence-corrected chi connectivity index (χ3v) is 4.10. The van der Waals surface area contributed by atoms with Crippen LogP contribution in [-0.4, -0.2) is 6.54 Å². The van der Waals surface area contributed by atoms with E-state index < -0.39 is 17.5 Å². The van der Waals surface area contributed by atoms with Gasteiger partial charge in [-0.3, -0.25) is 0 Å². The van der Waals surface area contributed by atoms with Gasteiger partial charge < -0.3 is 5.32 Å². The highest BCUT2D eigenvalue weighted by molar-refractivity contribution is 5.19. The first-order valence-electron chi connectivity index (χ1n) is 6.92. The van der Waals surface area contributed by atoms with Gasteiger partial charge >= 0.3 is 0 Å². The molecule has 106 valence electrons. The van der Waals surface area contributed by atoms with E-state index in [4.69, 9.17) is 0 Å². The number of benzene rings is 1. The van der Waals surface area contributed by atoms with E-state index in [0.717, 1.165) is 12.6 Å². The molecule has 2 atom stereocenters. The molecule has 1 aliphatic rings. The van der Waals surface area contributed by atoms with Gasteiger partial charge in [0.15, 0.2) is 11.6 Å². The second-order valence-corrected chi connectivity index (χ2v) is 5.51. The Morgan fingerprint density at radius 2 is 1.74 bits per heavy atom. The highest BCUT2D eigenvalue weighted by Gasteiger charge is 2.20. The van der Waals surface area contributed by atoms with E-state index in [9.17, 15) is 13.2 Å². The van der Waals surface area contributed by atoms with Crippen molar-refractivity contribution in [3.63, 3.8) is 0 Å². The minimum atomic E-state index is -1.14. The van der Waals surface area contributed by atoms with Crippen LogP contribution in [0.2, 0.25) is 0 Å². The lowest BCUT2D eigenvalue weighted by atomic mass is 9.80. The average Bonchev–Trinajstić information content (AvgIpc) is 2.38. The van der Waals surface area contributed by atoms with Crippen LogP contribution in [0.25, 0.3) is 0 Å². The molecule has 1 saturated carbocycles. The molecule has 1 aliphatic carbocycles. The number of hydrogen-bond acceptors (Lipinski definition) is 1. The molecule has 0 saturated heterocycles. The molecule has 1 N–H and O–H groups in total. The van der Waals surface area contributed by atoms with Crippen LogP contribution >= 0.6 is 0 Å². The summed E-state index contributed by atoms with van der Waals surface area (Å²) in [6, 6.07) is 1.54. The van der Waals surface area contributed by atoms with E-state index >= 15 is 0 Å². The molecule has 1 aromatic carbocycles. The fraction of sp³-hybridized carbons (Fsp3) is 0.600. The van der Waals surface area contributed by atoms with Crippen molar-refractivity contribution < 1.29 is 13.2 Å². The van der Waals surface area contributed by atoms with Crippen LogP contribution < -0.4 is 5.32 Å². The van der Waals surface area contributed by atoms with E-state index in [2.05, 4.69) is 12.2 Å². The summed E-state index contributed by atoms with van der Waals surface area (Å²) >= 11 is 0. The van der Waals surface area contributed by atoms with Gasteiger partial charge in [0.1, 0.15) is 5.82 Å². The average molecular weight is 271 g/mol. The van der Waals surface area contributed by atoms with Crippen LogP contribution in [0.5, 0.6) is 0 Å². The Labute approximate surface area is 112 Å². The van der Waals surface area contributed by atoms with E-state index in [-0.39, 0.29) is 12.1 Å². The Hall–Kier alpha value is -1.03. The molecule has 0 amide bonds. The molecular weight excluding hydrogens is 251 g/mol. The van der Waals surface area contributed by atoms with E-state index in [1.165, 1.54) is 25.7 Å². The van der Waals surface area contributed by atoms with Crippen LogP contribution in [0, 0.1) is 29.3 Å². The van der Waals surface area contributed by atoms with Crippen LogP contribution in [-0.2, 0) is 6.54 Å². The maximum absolute atomic E-state index is 13.4. The monoisotopic (exact) mass is 271 g/mol. The lowest BCUT2D eigenvalue weighted by molar-refractivity contribution is 0.247.